The van der Waals surface area contributed by atoms with Crippen LogP contribution in [0.2, 0.25) is 5.02 Å². The molecule has 120 valence electrons. The minimum absolute atomic E-state index is 0. The lowest BCUT2D eigenvalue weighted by Gasteiger charge is -1.99. The van der Waals surface area contributed by atoms with E-state index in [4.69, 9.17) is 16.0 Å². The van der Waals surface area contributed by atoms with E-state index >= 15 is 0 Å². The lowest BCUT2D eigenvalue weighted by Crippen LogP contribution is -3.00. The number of hydrogen-bond donors (Lipinski definition) is 0. The van der Waals surface area contributed by atoms with Gasteiger partial charge in [-0.2, -0.15) is 0 Å². The molecule has 0 radical (unpaired) electrons. The Balaban J connectivity index is 0.00000169. The Morgan fingerprint density at radius 2 is 1.62 bits per heavy atom. The predicted octanol–water partition coefficient (Wildman–Crippen LogP) is 1.49. The van der Waals surface area contributed by atoms with Crippen LogP contribution in [0.15, 0.2) is 77.5 Å². The van der Waals surface area contributed by atoms with Crippen molar-refractivity contribution in [2.45, 2.75) is 6.54 Å². The highest BCUT2D eigenvalue weighted by Crippen LogP contribution is 2.23. The van der Waals surface area contributed by atoms with Crippen molar-refractivity contribution in [2.75, 3.05) is 0 Å². The van der Waals surface area contributed by atoms with Crippen molar-refractivity contribution >= 4 is 22.7 Å². The third-order valence-electron chi connectivity index (χ3n) is 3.71. The summed E-state index contributed by atoms with van der Waals surface area (Å²) in [4.78, 5) is 4.52. The van der Waals surface area contributed by atoms with E-state index in [2.05, 4.69) is 9.55 Å². The predicted molar refractivity (Wildman–Crippen MR) is 90.2 cm³/mol. The van der Waals surface area contributed by atoms with E-state index in [1.54, 1.807) is 0 Å². The van der Waals surface area contributed by atoms with Crippen LogP contribution in [0.1, 0.15) is 5.56 Å². The molecule has 0 aliphatic rings. The van der Waals surface area contributed by atoms with E-state index < -0.39 is 0 Å². The maximum absolute atomic E-state index is 5.91. The first kappa shape index (κ1) is 16.5. The lowest BCUT2D eigenvalue weighted by atomic mass is 10.2. The standard InChI is InChI=1S/C19H14ClN2O.ClH/c20-16-7-5-14(6-8-16)13-22-11-9-15(10-12-22)19-21-17-3-1-2-4-18(17)23-19;/h1-12H,13H2;1H/q+1;/p-1. The summed E-state index contributed by atoms with van der Waals surface area (Å²) in [6.45, 7) is 0.797. The topological polar surface area (TPSA) is 29.9 Å². The highest BCUT2D eigenvalue weighted by Gasteiger charge is 2.10. The molecule has 0 aliphatic carbocycles. The van der Waals surface area contributed by atoms with Gasteiger partial charge in [0.05, 0.1) is 0 Å². The Morgan fingerprint density at radius 3 is 2.33 bits per heavy atom. The van der Waals surface area contributed by atoms with E-state index in [9.17, 15) is 0 Å². The van der Waals surface area contributed by atoms with Gasteiger partial charge in [0.25, 0.3) is 0 Å². The number of pyridine rings is 1. The van der Waals surface area contributed by atoms with E-state index in [1.807, 2.05) is 73.1 Å². The smallest absolute Gasteiger partial charge is 0.227 e. The van der Waals surface area contributed by atoms with Gasteiger partial charge in [0, 0.05) is 28.3 Å². The van der Waals surface area contributed by atoms with Crippen molar-refractivity contribution in [2.24, 2.45) is 0 Å². The second-order valence-electron chi connectivity index (χ2n) is 5.37. The Hall–Kier alpha value is -2.36. The number of halogens is 2. The van der Waals surface area contributed by atoms with Gasteiger partial charge in [-0.05, 0) is 24.3 Å². The van der Waals surface area contributed by atoms with Crippen LogP contribution in [0, 0.1) is 0 Å². The Kier molecular flexibility index (Phi) is 4.84. The summed E-state index contributed by atoms with van der Waals surface area (Å²) in [5.74, 6) is 0.643. The third-order valence-corrected chi connectivity index (χ3v) is 3.96. The second-order valence-corrected chi connectivity index (χ2v) is 5.81. The molecule has 4 rings (SSSR count). The van der Waals surface area contributed by atoms with Crippen LogP contribution >= 0.6 is 11.6 Å². The van der Waals surface area contributed by atoms with Gasteiger partial charge >= 0.3 is 0 Å². The number of aromatic nitrogens is 2. The highest BCUT2D eigenvalue weighted by atomic mass is 35.5. The number of nitrogens with zero attached hydrogens (tertiary/aromatic N) is 2. The van der Waals surface area contributed by atoms with Crippen LogP contribution in [0.25, 0.3) is 22.6 Å². The van der Waals surface area contributed by atoms with Crippen molar-refractivity contribution in [1.82, 2.24) is 4.98 Å². The van der Waals surface area contributed by atoms with Crippen LogP contribution in [-0.2, 0) is 6.54 Å². The minimum atomic E-state index is 0. The molecule has 0 saturated heterocycles. The molecule has 3 nitrogen and oxygen atoms in total. The summed E-state index contributed by atoms with van der Waals surface area (Å²) < 4.78 is 7.90. The van der Waals surface area contributed by atoms with Gasteiger partial charge in [-0.25, -0.2) is 9.55 Å². The van der Waals surface area contributed by atoms with Crippen molar-refractivity contribution in [3.05, 3.63) is 83.6 Å². The maximum atomic E-state index is 5.91. The fourth-order valence-corrected chi connectivity index (χ4v) is 2.63. The molecule has 0 unspecified atom stereocenters. The average Bonchev–Trinajstić information content (AvgIpc) is 3.02. The molecule has 24 heavy (non-hydrogen) atoms. The van der Waals surface area contributed by atoms with Crippen molar-refractivity contribution < 1.29 is 21.4 Å². The summed E-state index contributed by atoms with van der Waals surface area (Å²) in [7, 11) is 0. The quantitative estimate of drug-likeness (QED) is 0.520. The molecular weight excluding hydrogens is 343 g/mol. The lowest BCUT2D eigenvalue weighted by molar-refractivity contribution is -0.688. The molecule has 0 fully saturated rings. The Morgan fingerprint density at radius 1 is 0.917 bits per heavy atom. The molecule has 0 amide bonds. The van der Waals surface area contributed by atoms with Crippen LogP contribution in [0.3, 0.4) is 0 Å². The number of rotatable bonds is 3. The molecule has 0 atom stereocenters. The van der Waals surface area contributed by atoms with Gasteiger partial charge in [-0.15, -0.1) is 0 Å². The van der Waals surface area contributed by atoms with Gasteiger partial charge in [0.2, 0.25) is 5.89 Å². The van der Waals surface area contributed by atoms with Gasteiger partial charge in [-0.3, -0.25) is 0 Å². The largest absolute Gasteiger partial charge is 1.00 e. The zero-order valence-electron chi connectivity index (χ0n) is 12.7. The van der Waals surface area contributed by atoms with Crippen LogP contribution in [0.5, 0.6) is 0 Å². The monoisotopic (exact) mass is 356 g/mol. The fourth-order valence-electron chi connectivity index (χ4n) is 2.50. The molecule has 0 aliphatic heterocycles. The summed E-state index contributed by atoms with van der Waals surface area (Å²) in [6.07, 6.45) is 4.05. The SMILES string of the molecule is Clc1ccc(C[n+]2ccc(-c3nc4ccccc4o3)cc2)cc1.[Cl-]. The molecule has 2 heterocycles. The minimum Gasteiger partial charge on any atom is -1.00 e. The molecule has 0 saturated carbocycles. The second kappa shape index (κ2) is 7.04. The molecule has 2 aromatic carbocycles. The van der Waals surface area contributed by atoms with Gasteiger partial charge < -0.3 is 16.8 Å². The van der Waals surface area contributed by atoms with E-state index in [0.29, 0.717) is 5.89 Å². The van der Waals surface area contributed by atoms with Crippen molar-refractivity contribution in [3.8, 4) is 11.5 Å². The van der Waals surface area contributed by atoms with Gasteiger partial charge in [0.15, 0.2) is 24.5 Å². The summed E-state index contributed by atoms with van der Waals surface area (Å²) >= 11 is 5.91. The molecule has 0 bridgehead atoms. The van der Waals surface area contributed by atoms with E-state index in [1.165, 1.54) is 5.56 Å². The zero-order chi connectivity index (χ0) is 15.6. The average molecular weight is 357 g/mol. The fraction of sp³-hybridized carbons (Fsp3) is 0.0526. The first-order valence-electron chi connectivity index (χ1n) is 7.37. The molecule has 2 aromatic heterocycles. The highest BCUT2D eigenvalue weighted by molar-refractivity contribution is 6.30. The van der Waals surface area contributed by atoms with Crippen LogP contribution in [-0.4, -0.2) is 4.98 Å². The molecule has 0 spiro atoms. The number of fused-ring (bicyclic) bond motifs is 1. The third kappa shape index (κ3) is 3.42. The first-order valence-corrected chi connectivity index (χ1v) is 7.75. The van der Waals surface area contributed by atoms with E-state index in [0.717, 1.165) is 28.2 Å². The van der Waals surface area contributed by atoms with Crippen LogP contribution < -0.4 is 17.0 Å². The maximum Gasteiger partial charge on any atom is 0.227 e. The summed E-state index contributed by atoms with van der Waals surface area (Å²) in [6, 6.07) is 19.7. The van der Waals surface area contributed by atoms with Crippen molar-refractivity contribution in [1.29, 1.82) is 0 Å². The normalized spacial score (nSPS) is 10.5. The van der Waals surface area contributed by atoms with Gasteiger partial charge in [0.1, 0.15) is 5.52 Å². The van der Waals surface area contributed by atoms with Crippen molar-refractivity contribution in [3.63, 3.8) is 0 Å². The summed E-state index contributed by atoms with van der Waals surface area (Å²) in [5.41, 5.74) is 3.85. The van der Waals surface area contributed by atoms with Gasteiger partial charge in [-0.1, -0.05) is 35.9 Å². The molecule has 4 aromatic rings. The Labute approximate surface area is 150 Å². The number of benzene rings is 2. The number of para-hydroxylation sites is 2. The zero-order valence-corrected chi connectivity index (χ0v) is 14.2. The number of hydrogen-bond acceptors (Lipinski definition) is 2. The summed E-state index contributed by atoms with van der Waals surface area (Å²) in [5, 5.41) is 0.755. The van der Waals surface area contributed by atoms with Crippen LogP contribution in [0.4, 0.5) is 0 Å². The first-order chi connectivity index (χ1) is 11.3. The molecule has 0 N–H and O–H groups in total. The van der Waals surface area contributed by atoms with E-state index in [-0.39, 0.29) is 12.4 Å². The number of oxazole rings is 1. The Bertz CT molecular complexity index is 914. The molecule has 5 heteroatoms. The molecular formula is C19H14Cl2N2O.